The van der Waals surface area contributed by atoms with Gasteiger partial charge in [-0.25, -0.2) is 0 Å². The third-order valence-electron chi connectivity index (χ3n) is 5.03. The number of carbonyl (C=O) groups excluding carboxylic acids is 1. The molecule has 6 heteroatoms. The fourth-order valence-electron chi connectivity index (χ4n) is 3.37. The van der Waals surface area contributed by atoms with Crippen molar-refractivity contribution in [2.75, 3.05) is 0 Å². The molecule has 0 aliphatic heterocycles. The Morgan fingerprint density at radius 3 is 2.40 bits per heavy atom. The summed E-state index contributed by atoms with van der Waals surface area (Å²) in [6.07, 6.45) is 3.36. The molecule has 1 aromatic rings. The summed E-state index contributed by atoms with van der Waals surface area (Å²) >= 11 is 0. The maximum Gasteiger partial charge on any atom is 0.310 e. The molecular weight excluding hydrogens is 320 g/mol. The Morgan fingerprint density at radius 1 is 1.24 bits per heavy atom. The number of nitro groups is 1. The Balaban J connectivity index is 1.89. The topological polar surface area (TPSA) is 81.5 Å². The Bertz CT molecular complexity index is 616. The second-order valence-corrected chi connectivity index (χ2v) is 7.91. The second-order valence-electron chi connectivity index (χ2n) is 7.91. The van der Waals surface area contributed by atoms with E-state index < -0.39 is 11.0 Å². The third kappa shape index (κ3) is 5.18. The van der Waals surface area contributed by atoms with Gasteiger partial charge in [0.1, 0.15) is 0 Å². The molecule has 1 aliphatic rings. The Hall–Kier alpha value is -2.11. The number of nitrogens with zero attached hydrogens (tertiary/aromatic N) is 1. The first-order chi connectivity index (χ1) is 11.7. The van der Waals surface area contributed by atoms with Crippen molar-refractivity contribution < 1.29 is 14.5 Å². The van der Waals surface area contributed by atoms with Crippen LogP contribution < -0.4 is 10.1 Å². The molecule has 1 saturated carbocycles. The highest BCUT2D eigenvalue weighted by molar-refractivity contribution is 5.81. The molecule has 1 atom stereocenters. The van der Waals surface area contributed by atoms with Crippen molar-refractivity contribution >= 4 is 11.6 Å². The lowest BCUT2D eigenvalue weighted by Crippen LogP contribution is -2.44. The summed E-state index contributed by atoms with van der Waals surface area (Å²) in [4.78, 5) is 22.9. The molecule has 6 nitrogen and oxygen atoms in total. The van der Waals surface area contributed by atoms with Crippen LogP contribution in [0.3, 0.4) is 0 Å². The predicted molar refractivity (Wildman–Crippen MR) is 96.5 cm³/mol. The number of ether oxygens (including phenoxy) is 1. The normalized spacial score (nSPS) is 22.1. The number of para-hydroxylation sites is 2. The number of benzene rings is 1. The monoisotopic (exact) mass is 348 g/mol. The number of nitro benzene ring substituents is 1. The summed E-state index contributed by atoms with van der Waals surface area (Å²) in [5, 5.41) is 14.1. The number of hydrogen-bond acceptors (Lipinski definition) is 4. The van der Waals surface area contributed by atoms with E-state index in [1.165, 1.54) is 12.1 Å². The first-order valence-electron chi connectivity index (χ1n) is 8.89. The van der Waals surface area contributed by atoms with Gasteiger partial charge in [0.15, 0.2) is 11.9 Å². The minimum Gasteiger partial charge on any atom is -0.474 e. The summed E-state index contributed by atoms with van der Waals surface area (Å²) in [7, 11) is 0. The summed E-state index contributed by atoms with van der Waals surface area (Å²) in [5.74, 6) is 0.574. The predicted octanol–water partition coefficient (Wildman–Crippen LogP) is 4.08. The summed E-state index contributed by atoms with van der Waals surface area (Å²) in [5.41, 5.74) is 0.172. The van der Waals surface area contributed by atoms with Gasteiger partial charge in [0.05, 0.1) is 4.92 Å². The van der Waals surface area contributed by atoms with Crippen LogP contribution in [0, 0.1) is 21.4 Å². The van der Waals surface area contributed by atoms with Gasteiger partial charge in [0.25, 0.3) is 5.91 Å². The van der Waals surface area contributed by atoms with E-state index >= 15 is 0 Å². The van der Waals surface area contributed by atoms with Crippen LogP contribution in [0.2, 0.25) is 0 Å². The standard InChI is InChI=1S/C19H28N2O4/c1-13(25-17-8-6-5-7-16(17)21(23)24)18(22)20-15-11-9-14(10-12-15)19(2,3)4/h5-8,13-15H,9-12H2,1-4H3,(H,20,22). The molecule has 1 aliphatic carbocycles. The lowest BCUT2D eigenvalue weighted by Gasteiger charge is -2.37. The van der Waals surface area contributed by atoms with Gasteiger partial charge in [-0.1, -0.05) is 32.9 Å². The fourth-order valence-corrected chi connectivity index (χ4v) is 3.37. The van der Waals surface area contributed by atoms with Crippen LogP contribution in [0.15, 0.2) is 24.3 Å². The van der Waals surface area contributed by atoms with Crippen molar-refractivity contribution in [3.05, 3.63) is 34.4 Å². The van der Waals surface area contributed by atoms with Crippen LogP contribution >= 0.6 is 0 Å². The van der Waals surface area contributed by atoms with Crippen molar-refractivity contribution in [1.29, 1.82) is 0 Å². The summed E-state index contributed by atoms with van der Waals surface area (Å²) < 4.78 is 5.53. The number of rotatable bonds is 5. The van der Waals surface area contributed by atoms with Gasteiger partial charge in [0.2, 0.25) is 0 Å². The van der Waals surface area contributed by atoms with E-state index in [2.05, 4.69) is 26.1 Å². The molecule has 2 rings (SSSR count). The van der Waals surface area contributed by atoms with Crippen LogP contribution in [-0.2, 0) is 4.79 Å². The van der Waals surface area contributed by atoms with E-state index in [0.717, 1.165) is 25.7 Å². The van der Waals surface area contributed by atoms with Gasteiger partial charge in [0, 0.05) is 12.1 Å². The molecule has 1 fully saturated rings. The summed E-state index contributed by atoms with van der Waals surface area (Å²) in [6.45, 7) is 8.41. The Kier molecular flexibility index (Phi) is 6.03. The van der Waals surface area contributed by atoms with Crippen molar-refractivity contribution in [3.63, 3.8) is 0 Å². The Morgan fingerprint density at radius 2 is 1.84 bits per heavy atom. The lowest BCUT2D eigenvalue weighted by atomic mass is 9.71. The maximum atomic E-state index is 12.4. The molecule has 0 heterocycles. The van der Waals surface area contributed by atoms with Gasteiger partial charge >= 0.3 is 5.69 Å². The van der Waals surface area contributed by atoms with Crippen LogP contribution in [-0.4, -0.2) is 23.0 Å². The van der Waals surface area contributed by atoms with Crippen molar-refractivity contribution in [3.8, 4) is 5.75 Å². The quantitative estimate of drug-likeness (QED) is 0.642. The number of amides is 1. The number of hydrogen-bond donors (Lipinski definition) is 1. The van der Waals surface area contributed by atoms with Crippen LogP contribution in [0.1, 0.15) is 53.4 Å². The van der Waals surface area contributed by atoms with E-state index in [1.807, 2.05) is 0 Å². The molecule has 0 spiro atoms. The highest BCUT2D eigenvalue weighted by Crippen LogP contribution is 2.37. The molecule has 0 aromatic heterocycles. The SMILES string of the molecule is CC(Oc1ccccc1[N+](=O)[O-])C(=O)NC1CCC(C(C)(C)C)CC1. The number of nitrogens with one attached hydrogen (secondary N) is 1. The molecule has 0 radical (unpaired) electrons. The minimum absolute atomic E-state index is 0.117. The molecular formula is C19H28N2O4. The molecule has 138 valence electrons. The first-order valence-corrected chi connectivity index (χ1v) is 8.89. The zero-order valence-corrected chi connectivity index (χ0v) is 15.5. The second kappa shape index (κ2) is 7.85. The van der Waals surface area contributed by atoms with Gasteiger partial charge < -0.3 is 10.1 Å². The van der Waals surface area contributed by atoms with Crippen LogP contribution in [0.5, 0.6) is 5.75 Å². The molecule has 1 aromatic carbocycles. The van der Waals surface area contributed by atoms with E-state index in [0.29, 0.717) is 11.3 Å². The molecule has 1 N–H and O–H groups in total. The van der Waals surface area contributed by atoms with Crippen LogP contribution in [0.25, 0.3) is 0 Å². The smallest absolute Gasteiger partial charge is 0.310 e. The van der Waals surface area contributed by atoms with E-state index in [4.69, 9.17) is 4.74 Å². The molecule has 25 heavy (non-hydrogen) atoms. The van der Waals surface area contributed by atoms with Gasteiger partial charge in [-0.15, -0.1) is 0 Å². The number of carbonyl (C=O) groups is 1. The first kappa shape index (κ1) is 19.2. The van der Waals surface area contributed by atoms with Crippen molar-refractivity contribution in [2.24, 2.45) is 11.3 Å². The average molecular weight is 348 g/mol. The molecule has 1 unspecified atom stereocenters. The van der Waals surface area contributed by atoms with Crippen molar-refractivity contribution in [2.45, 2.75) is 65.5 Å². The Labute approximate surface area is 149 Å². The molecule has 1 amide bonds. The summed E-state index contributed by atoms with van der Waals surface area (Å²) in [6, 6.07) is 6.26. The van der Waals surface area contributed by atoms with Crippen molar-refractivity contribution in [1.82, 2.24) is 5.32 Å². The van der Waals surface area contributed by atoms with Gasteiger partial charge in [-0.2, -0.15) is 0 Å². The third-order valence-corrected chi connectivity index (χ3v) is 5.03. The largest absolute Gasteiger partial charge is 0.474 e. The molecule has 0 saturated heterocycles. The average Bonchev–Trinajstić information content (AvgIpc) is 2.54. The zero-order chi connectivity index (χ0) is 18.6. The van der Waals surface area contributed by atoms with E-state index in [9.17, 15) is 14.9 Å². The van der Waals surface area contributed by atoms with E-state index in [1.54, 1.807) is 19.1 Å². The lowest BCUT2D eigenvalue weighted by molar-refractivity contribution is -0.386. The minimum atomic E-state index is -0.776. The maximum absolute atomic E-state index is 12.4. The van der Waals surface area contributed by atoms with E-state index in [-0.39, 0.29) is 23.4 Å². The molecule has 0 bridgehead atoms. The van der Waals surface area contributed by atoms with Crippen LogP contribution in [0.4, 0.5) is 5.69 Å². The highest BCUT2D eigenvalue weighted by Gasteiger charge is 2.31. The van der Waals surface area contributed by atoms with Gasteiger partial charge in [-0.3, -0.25) is 14.9 Å². The zero-order valence-electron chi connectivity index (χ0n) is 15.5. The van der Waals surface area contributed by atoms with Gasteiger partial charge in [-0.05, 0) is 50.0 Å². The highest BCUT2D eigenvalue weighted by atomic mass is 16.6. The fraction of sp³-hybridized carbons (Fsp3) is 0.632.